The maximum Gasteiger partial charge on any atom is 0.336 e. The number of aromatic hydroxyl groups is 1. The van der Waals surface area contributed by atoms with Crippen molar-refractivity contribution in [2.24, 2.45) is 11.8 Å². The second kappa shape index (κ2) is 9.92. The predicted molar refractivity (Wildman–Crippen MR) is 114 cm³/mol. The van der Waals surface area contributed by atoms with E-state index in [0.717, 1.165) is 24.0 Å². The van der Waals surface area contributed by atoms with Crippen LogP contribution in [0.3, 0.4) is 0 Å². The van der Waals surface area contributed by atoms with E-state index in [0.29, 0.717) is 41.5 Å². The van der Waals surface area contributed by atoms with Crippen molar-refractivity contribution in [3.05, 3.63) is 39.2 Å². The van der Waals surface area contributed by atoms with Gasteiger partial charge in [0.05, 0.1) is 12.7 Å². The van der Waals surface area contributed by atoms with Gasteiger partial charge in [-0.1, -0.05) is 27.7 Å². The van der Waals surface area contributed by atoms with Gasteiger partial charge in [-0.2, -0.15) is 0 Å². The second-order valence-electron chi connectivity index (χ2n) is 8.55. The summed E-state index contributed by atoms with van der Waals surface area (Å²) in [5.41, 5.74) is 2.04. The summed E-state index contributed by atoms with van der Waals surface area (Å²) in [6.07, 6.45) is 0.529. The standard InChI is InChI=1S/C23H33NO5/c1-14(2)11-24(12-15(3)4)13-19-22(27)17(7-8-20(25)28-6)10-18-16(5)9-21(26)29-23(18)19/h9-10,14-15,27H,7-8,11-13H2,1-6H3. The highest BCUT2D eigenvalue weighted by Crippen LogP contribution is 2.34. The SMILES string of the molecule is COC(=O)CCc1cc2c(C)cc(=O)oc2c(CN(CC(C)C)CC(C)C)c1O. The largest absolute Gasteiger partial charge is 0.507 e. The number of methoxy groups -OCH3 is 1. The summed E-state index contributed by atoms with van der Waals surface area (Å²) in [6, 6.07) is 3.26. The van der Waals surface area contributed by atoms with Crippen molar-refractivity contribution in [1.82, 2.24) is 4.90 Å². The van der Waals surface area contributed by atoms with Crippen molar-refractivity contribution in [1.29, 1.82) is 0 Å². The fourth-order valence-corrected chi connectivity index (χ4v) is 3.70. The number of rotatable bonds is 9. The first kappa shape index (κ1) is 22.9. The number of fused-ring (bicyclic) bond motifs is 1. The van der Waals surface area contributed by atoms with E-state index in [1.54, 1.807) is 0 Å². The number of phenolic OH excluding ortho intramolecular Hbond substituents is 1. The summed E-state index contributed by atoms with van der Waals surface area (Å²) < 4.78 is 10.3. The van der Waals surface area contributed by atoms with Crippen molar-refractivity contribution in [3.8, 4) is 5.75 Å². The molecule has 0 radical (unpaired) electrons. The van der Waals surface area contributed by atoms with Crippen LogP contribution in [0.25, 0.3) is 11.0 Å². The molecular weight excluding hydrogens is 370 g/mol. The maximum absolute atomic E-state index is 12.0. The first-order chi connectivity index (χ1) is 13.6. The van der Waals surface area contributed by atoms with E-state index in [9.17, 15) is 14.7 Å². The third kappa shape index (κ3) is 6.07. The van der Waals surface area contributed by atoms with Crippen molar-refractivity contribution in [3.63, 3.8) is 0 Å². The Labute approximate surface area is 172 Å². The van der Waals surface area contributed by atoms with Crippen LogP contribution >= 0.6 is 0 Å². The lowest BCUT2D eigenvalue weighted by molar-refractivity contribution is -0.140. The number of nitrogens with zero attached hydrogens (tertiary/aromatic N) is 1. The number of esters is 1. The molecule has 0 aliphatic rings. The van der Waals surface area contributed by atoms with Crippen LogP contribution in [0.4, 0.5) is 0 Å². The Bertz CT molecular complexity index is 904. The van der Waals surface area contributed by atoms with Gasteiger partial charge in [0.25, 0.3) is 0 Å². The highest BCUT2D eigenvalue weighted by Gasteiger charge is 2.21. The molecule has 2 aromatic rings. The van der Waals surface area contributed by atoms with Crippen LogP contribution in [0.1, 0.15) is 50.8 Å². The summed E-state index contributed by atoms with van der Waals surface area (Å²) >= 11 is 0. The van der Waals surface area contributed by atoms with Crippen LogP contribution in [-0.4, -0.2) is 36.2 Å². The lowest BCUT2D eigenvalue weighted by atomic mass is 9.98. The van der Waals surface area contributed by atoms with Gasteiger partial charge < -0.3 is 14.3 Å². The summed E-state index contributed by atoms with van der Waals surface area (Å²) in [5, 5.41) is 11.8. The quantitative estimate of drug-likeness (QED) is 0.503. The van der Waals surface area contributed by atoms with Crippen LogP contribution < -0.4 is 5.63 Å². The first-order valence-corrected chi connectivity index (χ1v) is 10.2. The highest BCUT2D eigenvalue weighted by atomic mass is 16.5. The predicted octanol–water partition coefficient (Wildman–Crippen LogP) is 4.03. The summed E-state index contributed by atoms with van der Waals surface area (Å²) in [7, 11) is 1.35. The van der Waals surface area contributed by atoms with Gasteiger partial charge in [0.2, 0.25) is 0 Å². The minimum Gasteiger partial charge on any atom is -0.507 e. The van der Waals surface area contributed by atoms with Crippen LogP contribution in [0, 0.1) is 18.8 Å². The smallest absolute Gasteiger partial charge is 0.336 e. The Hall–Kier alpha value is -2.34. The first-order valence-electron chi connectivity index (χ1n) is 10.2. The molecule has 0 aliphatic carbocycles. The van der Waals surface area contributed by atoms with Gasteiger partial charge in [-0.3, -0.25) is 9.69 Å². The number of ether oxygens (including phenoxy) is 1. The maximum atomic E-state index is 12.0. The molecule has 0 aliphatic heterocycles. The van der Waals surface area contributed by atoms with E-state index in [4.69, 9.17) is 9.15 Å². The minimum absolute atomic E-state index is 0.0904. The van der Waals surface area contributed by atoms with E-state index >= 15 is 0 Å². The average Bonchev–Trinajstić information content (AvgIpc) is 2.61. The zero-order valence-corrected chi connectivity index (χ0v) is 18.4. The number of hydrogen-bond donors (Lipinski definition) is 1. The third-order valence-electron chi connectivity index (χ3n) is 4.84. The molecule has 6 nitrogen and oxygen atoms in total. The Morgan fingerprint density at radius 3 is 2.34 bits per heavy atom. The fourth-order valence-electron chi connectivity index (χ4n) is 3.70. The second-order valence-corrected chi connectivity index (χ2v) is 8.55. The zero-order chi connectivity index (χ0) is 21.7. The summed E-state index contributed by atoms with van der Waals surface area (Å²) in [5.74, 6) is 0.674. The molecule has 1 aromatic heterocycles. The van der Waals surface area contributed by atoms with Gasteiger partial charge in [0, 0.05) is 37.5 Å². The van der Waals surface area contributed by atoms with Crippen molar-refractivity contribution in [2.75, 3.05) is 20.2 Å². The van der Waals surface area contributed by atoms with E-state index in [-0.39, 0.29) is 18.1 Å². The normalized spacial score (nSPS) is 11.8. The Morgan fingerprint density at radius 1 is 1.17 bits per heavy atom. The molecule has 0 amide bonds. The Morgan fingerprint density at radius 2 is 1.79 bits per heavy atom. The minimum atomic E-state index is -0.433. The van der Waals surface area contributed by atoms with Gasteiger partial charge in [0.15, 0.2) is 0 Å². The molecule has 0 fully saturated rings. The molecule has 0 saturated heterocycles. The Kier molecular flexibility index (Phi) is 7.85. The Balaban J connectivity index is 2.58. The highest BCUT2D eigenvalue weighted by molar-refractivity contribution is 5.86. The number of carbonyl (C=O) groups is 1. The van der Waals surface area contributed by atoms with Crippen molar-refractivity contribution < 1.29 is 19.1 Å². The molecule has 29 heavy (non-hydrogen) atoms. The van der Waals surface area contributed by atoms with E-state index in [2.05, 4.69) is 32.6 Å². The van der Waals surface area contributed by atoms with Crippen LogP contribution in [0.15, 0.2) is 21.3 Å². The van der Waals surface area contributed by atoms with Gasteiger partial charge in [-0.15, -0.1) is 0 Å². The lowest BCUT2D eigenvalue weighted by Crippen LogP contribution is -2.31. The molecule has 0 unspecified atom stereocenters. The molecule has 0 atom stereocenters. The zero-order valence-electron chi connectivity index (χ0n) is 18.4. The molecule has 0 bridgehead atoms. The number of hydrogen-bond acceptors (Lipinski definition) is 6. The lowest BCUT2D eigenvalue weighted by Gasteiger charge is -2.27. The molecule has 1 aromatic carbocycles. The molecule has 6 heteroatoms. The van der Waals surface area contributed by atoms with Gasteiger partial charge >= 0.3 is 11.6 Å². The van der Waals surface area contributed by atoms with E-state index in [1.165, 1.54) is 13.2 Å². The van der Waals surface area contributed by atoms with Crippen LogP contribution in [0.5, 0.6) is 5.75 Å². The summed E-state index contributed by atoms with van der Waals surface area (Å²) in [4.78, 5) is 25.9. The van der Waals surface area contributed by atoms with Crippen molar-refractivity contribution >= 4 is 16.9 Å². The van der Waals surface area contributed by atoms with Crippen LogP contribution in [-0.2, 0) is 22.5 Å². The molecular formula is C23H33NO5. The van der Waals surface area contributed by atoms with E-state index in [1.807, 2.05) is 13.0 Å². The third-order valence-corrected chi connectivity index (χ3v) is 4.84. The monoisotopic (exact) mass is 403 g/mol. The van der Waals surface area contributed by atoms with Crippen LogP contribution in [0.2, 0.25) is 0 Å². The average molecular weight is 404 g/mol. The summed E-state index contributed by atoms with van der Waals surface area (Å²) in [6.45, 7) is 12.7. The molecule has 1 N–H and O–H groups in total. The van der Waals surface area contributed by atoms with Gasteiger partial charge in [-0.25, -0.2) is 4.79 Å². The van der Waals surface area contributed by atoms with Gasteiger partial charge in [0.1, 0.15) is 11.3 Å². The molecule has 0 saturated carbocycles. The fraction of sp³-hybridized carbons (Fsp3) is 0.565. The number of phenols is 1. The van der Waals surface area contributed by atoms with E-state index < -0.39 is 5.63 Å². The molecule has 1 heterocycles. The molecule has 160 valence electrons. The van der Waals surface area contributed by atoms with Crippen molar-refractivity contribution in [2.45, 2.75) is 54.0 Å². The number of carbonyl (C=O) groups excluding carboxylic acids is 1. The number of aryl methyl sites for hydroxylation is 2. The molecule has 0 spiro atoms. The van der Waals surface area contributed by atoms with Gasteiger partial charge in [-0.05, 0) is 42.4 Å². The topological polar surface area (TPSA) is 80.0 Å². The molecule has 2 rings (SSSR count). The number of benzene rings is 1.